The Morgan fingerprint density at radius 1 is 1.24 bits per heavy atom. The normalized spacial score (nSPS) is 10.2. The summed E-state index contributed by atoms with van der Waals surface area (Å²) in [6.45, 7) is 1.70. The summed E-state index contributed by atoms with van der Waals surface area (Å²) in [4.78, 5) is 26.6. The minimum absolute atomic E-state index is 0.112. The van der Waals surface area contributed by atoms with E-state index in [4.69, 9.17) is 10.5 Å². The topological polar surface area (TPSA) is 104 Å². The average Bonchev–Trinajstić information content (AvgIpc) is 2.52. The number of carbonyl (C=O) groups is 2. The quantitative estimate of drug-likeness (QED) is 0.612. The van der Waals surface area contributed by atoms with E-state index in [1.165, 1.54) is 18.3 Å². The number of nitrogens with zero attached hydrogens (tertiary/aromatic N) is 1. The largest absolute Gasteiger partial charge is 0.466 e. The second-order valence-electron chi connectivity index (χ2n) is 4.81. The summed E-state index contributed by atoms with van der Waals surface area (Å²) in [6.07, 6.45) is 0.742. The van der Waals surface area contributed by atoms with E-state index < -0.39 is 41.4 Å². The molecule has 0 radical (unpaired) electrons. The number of nitrogen functional groups attached to an aromatic ring is 1. The van der Waals surface area contributed by atoms with Crippen molar-refractivity contribution in [2.24, 2.45) is 0 Å². The van der Waals surface area contributed by atoms with E-state index in [1.54, 1.807) is 6.92 Å². The van der Waals surface area contributed by atoms with Gasteiger partial charge in [0.25, 0.3) is 0 Å². The van der Waals surface area contributed by atoms with Crippen LogP contribution in [0.1, 0.15) is 13.3 Å². The Bertz CT molecular complexity index is 799. The highest BCUT2D eigenvalue weighted by atomic mass is 19.1. The van der Waals surface area contributed by atoms with Gasteiger partial charge < -0.3 is 20.5 Å². The Hall–Kier alpha value is -3.23. The zero-order chi connectivity index (χ0) is 18.4. The van der Waals surface area contributed by atoms with E-state index in [9.17, 15) is 18.4 Å². The van der Waals surface area contributed by atoms with E-state index >= 15 is 0 Å². The maximum absolute atomic E-state index is 14.1. The summed E-state index contributed by atoms with van der Waals surface area (Å²) in [7, 11) is 0. The molecule has 2 rings (SSSR count). The van der Waals surface area contributed by atoms with Crippen molar-refractivity contribution in [3.05, 3.63) is 42.1 Å². The summed E-state index contributed by atoms with van der Waals surface area (Å²) in [5.74, 6) is -3.51. The molecule has 0 bridgehead atoms. The molecule has 1 amide bonds. The van der Waals surface area contributed by atoms with Crippen LogP contribution in [0.3, 0.4) is 0 Å². The number of aromatic nitrogens is 1. The van der Waals surface area contributed by atoms with Crippen molar-refractivity contribution in [2.75, 3.05) is 17.7 Å². The molecule has 0 spiro atoms. The molecule has 25 heavy (non-hydrogen) atoms. The van der Waals surface area contributed by atoms with Gasteiger partial charge in [-0.1, -0.05) is 0 Å². The van der Waals surface area contributed by atoms with Gasteiger partial charge >= 0.3 is 5.97 Å². The van der Waals surface area contributed by atoms with Crippen LogP contribution in [0, 0.1) is 11.6 Å². The van der Waals surface area contributed by atoms with Crippen molar-refractivity contribution in [1.82, 2.24) is 4.98 Å². The molecule has 0 fully saturated rings. The van der Waals surface area contributed by atoms with Gasteiger partial charge in [-0.3, -0.25) is 9.59 Å². The first kappa shape index (κ1) is 18.1. The molecule has 0 saturated carbocycles. The molecule has 1 heterocycles. The third-order valence-electron chi connectivity index (χ3n) is 2.89. The van der Waals surface area contributed by atoms with Crippen molar-refractivity contribution < 1.29 is 27.8 Å². The molecule has 9 heteroatoms. The number of esters is 1. The lowest BCUT2D eigenvalue weighted by Crippen LogP contribution is -2.19. The molecule has 0 aliphatic carbocycles. The fourth-order valence-corrected chi connectivity index (χ4v) is 1.86. The Morgan fingerprint density at radius 3 is 2.68 bits per heavy atom. The zero-order valence-electron chi connectivity index (χ0n) is 13.2. The molecule has 2 aromatic rings. The maximum atomic E-state index is 14.1. The van der Waals surface area contributed by atoms with Crippen LogP contribution in [-0.4, -0.2) is 23.5 Å². The van der Waals surface area contributed by atoms with Crippen LogP contribution in [-0.2, 0) is 14.3 Å². The van der Waals surface area contributed by atoms with E-state index in [0.29, 0.717) is 0 Å². The van der Waals surface area contributed by atoms with Crippen molar-refractivity contribution in [3.63, 3.8) is 0 Å². The van der Waals surface area contributed by atoms with Crippen LogP contribution in [0.5, 0.6) is 11.5 Å². The molecule has 0 atom stereocenters. The van der Waals surface area contributed by atoms with Crippen molar-refractivity contribution >= 4 is 23.4 Å². The minimum Gasteiger partial charge on any atom is -0.466 e. The van der Waals surface area contributed by atoms with Gasteiger partial charge in [0, 0.05) is 24.4 Å². The smallest absolute Gasteiger partial charge is 0.315 e. The molecule has 0 aliphatic rings. The third-order valence-corrected chi connectivity index (χ3v) is 2.89. The standard InChI is InChI=1S/C16H15F2N3O4/c1-2-24-16(23)8-15(22)21-12-6-11(18)13(7-10(12)17)25-9-3-4-20-14(19)5-9/h3-7H,2,8H2,1H3,(H2,19,20)(H,21,22). The first-order chi connectivity index (χ1) is 11.9. The third kappa shape index (κ3) is 5.13. The number of anilines is 2. The summed E-state index contributed by atoms with van der Waals surface area (Å²) in [6, 6.07) is 4.28. The number of halogens is 2. The lowest BCUT2D eigenvalue weighted by atomic mass is 10.2. The average molecular weight is 351 g/mol. The Labute approximate surface area is 141 Å². The maximum Gasteiger partial charge on any atom is 0.315 e. The van der Waals surface area contributed by atoms with Gasteiger partial charge in [0.2, 0.25) is 5.91 Å². The van der Waals surface area contributed by atoms with Gasteiger partial charge in [-0.2, -0.15) is 0 Å². The van der Waals surface area contributed by atoms with Crippen LogP contribution in [0.25, 0.3) is 0 Å². The van der Waals surface area contributed by atoms with Crippen LogP contribution < -0.4 is 15.8 Å². The number of ether oxygens (including phenoxy) is 2. The van der Waals surface area contributed by atoms with Crippen LogP contribution in [0.15, 0.2) is 30.5 Å². The molecule has 7 nitrogen and oxygen atoms in total. The second-order valence-corrected chi connectivity index (χ2v) is 4.81. The molecule has 0 saturated heterocycles. The monoisotopic (exact) mass is 351 g/mol. The zero-order valence-corrected chi connectivity index (χ0v) is 13.2. The van der Waals surface area contributed by atoms with Crippen LogP contribution in [0.2, 0.25) is 0 Å². The number of rotatable bonds is 6. The lowest BCUT2D eigenvalue weighted by molar-refractivity contribution is -0.145. The van der Waals surface area contributed by atoms with Crippen molar-refractivity contribution in [3.8, 4) is 11.5 Å². The summed E-state index contributed by atoms with van der Waals surface area (Å²) >= 11 is 0. The number of benzene rings is 1. The highest BCUT2D eigenvalue weighted by Gasteiger charge is 2.16. The van der Waals surface area contributed by atoms with Gasteiger partial charge in [-0.15, -0.1) is 0 Å². The van der Waals surface area contributed by atoms with Gasteiger partial charge in [-0.25, -0.2) is 13.8 Å². The van der Waals surface area contributed by atoms with Gasteiger partial charge in [-0.05, 0) is 13.0 Å². The van der Waals surface area contributed by atoms with Crippen LogP contribution >= 0.6 is 0 Å². The molecular weight excluding hydrogens is 336 g/mol. The SMILES string of the molecule is CCOC(=O)CC(=O)Nc1cc(F)c(Oc2ccnc(N)c2)cc1F. The molecule has 0 aliphatic heterocycles. The molecule has 132 valence electrons. The molecule has 1 aromatic heterocycles. The summed E-state index contributed by atoms with van der Waals surface area (Å²) < 4.78 is 37.9. The first-order valence-electron chi connectivity index (χ1n) is 7.23. The van der Waals surface area contributed by atoms with Crippen molar-refractivity contribution in [1.29, 1.82) is 0 Å². The number of hydrogen-bond donors (Lipinski definition) is 2. The Balaban J connectivity index is 2.11. The second kappa shape index (κ2) is 8.04. The predicted molar refractivity (Wildman–Crippen MR) is 85.0 cm³/mol. The van der Waals surface area contributed by atoms with E-state index in [-0.39, 0.29) is 18.2 Å². The molecule has 0 unspecified atom stereocenters. The van der Waals surface area contributed by atoms with Gasteiger partial charge in [0.05, 0.1) is 12.3 Å². The number of carbonyl (C=O) groups excluding carboxylic acids is 2. The Kier molecular flexibility index (Phi) is 5.83. The predicted octanol–water partition coefficient (Wildman–Crippen LogP) is 2.63. The summed E-state index contributed by atoms with van der Waals surface area (Å²) in [5, 5.41) is 2.10. The fourth-order valence-electron chi connectivity index (χ4n) is 1.86. The number of hydrogen-bond acceptors (Lipinski definition) is 6. The molecule has 1 aromatic carbocycles. The molecular formula is C16H15F2N3O4. The number of pyridine rings is 1. The van der Waals surface area contributed by atoms with Gasteiger partial charge in [0.1, 0.15) is 18.0 Å². The Morgan fingerprint density at radius 2 is 2.00 bits per heavy atom. The fraction of sp³-hybridized carbons (Fsp3) is 0.188. The van der Waals surface area contributed by atoms with E-state index in [1.807, 2.05) is 0 Å². The number of amides is 1. The molecule has 3 N–H and O–H groups in total. The van der Waals surface area contributed by atoms with Crippen molar-refractivity contribution in [2.45, 2.75) is 13.3 Å². The van der Waals surface area contributed by atoms with E-state index in [0.717, 1.165) is 12.1 Å². The number of nitrogens with one attached hydrogen (secondary N) is 1. The minimum atomic E-state index is -0.935. The number of nitrogens with two attached hydrogens (primary N) is 1. The van der Waals surface area contributed by atoms with E-state index in [2.05, 4.69) is 15.0 Å². The highest BCUT2D eigenvalue weighted by Crippen LogP contribution is 2.29. The highest BCUT2D eigenvalue weighted by molar-refractivity contribution is 6.01. The summed E-state index contributed by atoms with van der Waals surface area (Å²) in [5.41, 5.74) is 5.05. The van der Waals surface area contributed by atoms with Gasteiger partial charge in [0.15, 0.2) is 17.4 Å². The van der Waals surface area contributed by atoms with Crippen LogP contribution in [0.4, 0.5) is 20.3 Å². The lowest BCUT2D eigenvalue weighted by Gasteiger charge is -2.11. The first-order valence-corrected chi connectivity index (χ1v) is 7.23.